The largest absolute Gasteiger partial charge is 0.279 e. The number of anilines is 1. The molecule has 0 bridgehead atoms. The Hall–Kier alpha value is -2.02. The van der Waals surface area contributed by atoms with Crippen LogP contribution in [0.1, 0.15) is 5.56 Å². The average Bonchev–Trinajstić information content (AvgIpc) is 2.35. The van der Waals surface area contributed by atoms with Crippen LogP contribution in [-0.2, 0) is 10.0 Å². The molecule has 0 saturated carbocycles. The van der Waals surface area contributed by atoms with Crippen LogP contribution in [0.15, 0.2) is 41.3 Å². The van der Waals surface area contributed by atoms with Crippen LogP contribution in [0.4, 0.5) is 18.9 Å². The van der Waals surface area contributed by atoms with E-state index in [2.05, 4.69) is 4.72 Å². The second-order valence-corrected chi connectivity index (χ2v) is 5.79. The second-order valence-electron chi connectivity index (χ2n) is 4.14. The zero-order valence-corrected chi connectivity index (χ0v) is 11.1. The Balaban J connectivity index is 2.43. The van der Waals surface area contributed by atoms with Crippen molar-refractivity contribution < 1.29 is 21.6 Å². The number of benzene rings is 2. The van der Waals surface area contributed by atoms with E-state index >= 15 is 0 Å². The normalized spacial score (nSPS) is 11.4. The van der Waals surface area contributed by atoms with Crippen molar-refractivity contribution in [3.8, 4) is 0 Å². The van der Waals surface area contributed by atoms with Crippen molar-refractivity contribution in [2.45, 2.75) is 11.8 Å². The molecule has 3 nitrogen and oxygen atoms in total. The summed E-state index contributed by atoms with van der Waals surface area (Å²) in [7, 11) is -4.29. The fourth-order valence-electron chi connectivity index (χ4n) is 1.62. The highest BCUT2D eigenvalue weighted by Gasteiger charge is 2.20. The minimum Gasteiger partial charge on any atom is -0.279 e. The average molecular weight is 301 g/mol. The van der Waals surface area contributed by atoms with E-state index in [4.69, 9.17) is 0 Å². The summed E-state index contributed by atoms with van der Waals surface area (Å²) in [4.78, 5) is -0.804. The first-order valence-corrected chi connectivity index (χ1v) is 7.02. The van der Waals surface area contributed by atoms with E-state index in [0.717, 1.165) is 24.3 Å². The van der Waals surface area contributed by atoms with Crippen LogP contribution in [0, 0.1) is 24.4 Å². The highest BCUT2D eigenvalue weighted by Crippen LogP contribution is 2.22. The summed E-state index contributed by atoms with van der Waals surface area (Å²) in [5.41, 5.74) is 0.417. The summed E-state index contributed by atoms with van der Waals surface area (Å²) in [6.45, 7) is 1.49. The van der Waals surface area contributed by atoms with Gasteiger partial charge in [0, 0.05) is 0 Å². The van der Waals surface area contributed by atoms with Gasteiger partial charge in [-0.05, 0) is 48.9 Å². The van der Waals surface area contributed by atoms with Crippen molar-refractivity contribution in [1.82, 2.24) is 0 Å². The van der Waals surface area contributed by atoms with Gasteiger partial charge in [0.1, 0.15) is 22.3 Å². The van der Waals surface area contributed by atoms with Gasteiger partial charge in [0.25, 0.3) is 10.0 Å². The van der Waals surface area contributed by atoms with E-state index in [1.165, 1.54) is 13.0 Å². The number of aryl methyl sites for hydroxylation is 1. The molecule has 0 aliphatic carbocycles. The fraction of sp³-hybridized carbons (Fsp3) is 0.0769. The molecule has 0 spiro atoms. The van der Waals surface area contributed by atoms with Crippen LogP contribution in [0.2, 0.25) is 0 Å². The molecule has 0 fully saturated rings. The first-order valence-electron chi connectivity index (χ1n) is 5.53. The van der Waals surface area contributed by atoms with Gasteiger partial charge in [-0.3, -0.25) is 4.72 Å². The Bertz CT molecular complexity index is 760. The quantitative estimate of drug-likeness (QED) is 0.946. The Kier molecular flexibility index (Phi) is 3.71. The van der Waals surface area contributed by atoms with Crippen molar-refractivity contribution in [2.24, 2.45) is 0 Å². The van der Waals surface area contributed by atoms with Crippen molar-refractivity contribution in [3.63, 3.8) is 0 Å². The second kappa shape index (κ2) is 5.16. The predicted octanol–water partition coefficient (Wildman–Crippen LogP) is 3.21. The summed E-state index contributed by atoms with van der Waals surface area (Å²) < 4.78 is 65.6. The number of rotatable bonds is 3. The van der Waals surface area contributed by atoms with Crippen molar-refractivity contribution >= 4 is 15.7 Å². The van der Waals surface area contributed by atoms with Crippen LogP contribution in [0.25, 0.3) is 0 Å². The molecule has 106 valence electrons. The smallest absolute Gasteiger partial charge is 0.264 e. The molecule has 0 aliphatic heterocycles. The molecule has 2 aromatic rings. The van der Waals surface area contributed by atoms with Crippen LogP contribution in [0.3, 0.4) is 0 Å². The predicted molar refractivity (Wildman–Crippen MR) is 68.3 cm³/mol. The molecule has 0 saturated heterocycles. The Labute approximate surface area is 114 Å². The Morgan fingerprint density at radius 1 is 0.950 bits per heavy atom. The summed E-state index contributed by atoms with van der Waals surface area (Å²) in [5.74, 6) is -2.47. The van der Waals surface area contributed by atoms with Crippen molar-refractivity contribution in [1.29, 1.82) is 0 Å². The molecule has 0 radical (unpaired) electrons. The lowest BCUT2D eigenvalue weighted by molar-refractivity contribution is 0.555. The van der Waals surface area contributed by atoms with Gasteiger partial charge in [-0.2, -0.15) is 0 Å². The van der Waals surface area contributed by atoms with Gasteiger partial charge in [0.05, 0.1) is 5.69 Å². The third-order valence-electron chi connectivity index (χ3n) is 2.62. The van der Waals surface area contributed by atoms with Gasteiger partial charge in [-0.1, -0.05) is 0 Å². The highest BCUT2D eigenvalue weighted by molar-refractivity contribution is 7.92. The third kappa shape index (κ3) is 2.93. The van der Waals surface area contributed by atoms with E-state index in [9.17, 15) is 21.6 Å². The van der Waals surface area contributed by atoms with Crippen LogP contribution in [0.5, 0.6) is 0 Å². The van der Waals surface area contributed by atoms with Gasteiger partial charge in [-0.15, -0.1) is 0 Å². The lowest BCUT2D eigenvalue weighted by Gasteiger charge is -2.11. The molecule has 0 aromatic heterocycles. The highest BCUT2D eigenvalue weighted by atomic mass is 32.2. The zero-order chi connectivity index (χ0) is 14.9. The fourth-order valence-corrected chi connectivity index (χ4v) is 2.85. The topological polar surface area (TPSA) is 46.2 Å². The molecule has 20 heavy (non-hydrogen) atoms. The molecular formula is C13H10F3NO2S. The van der Waals surface area contributed by atoms with E-state index in [1.807, 2.05) is 0 Å². The van der Waals surface area contributed by atoms with Crippen LogP contribution in [-0.4, -0.2) is 8.42 Å². The number of halogens is 3. The van der Waals surface area contributed by atoms with Gasteiger partial charge >= 0.3 is 0 Å². The SMILES string of the molecule is Cc1cc(F)ccc1NS(=O)(=O)c1cc(F)ccc1F. The minimum atomic E-state index is -4.29. The lowest BCUT2D eigenvalue weighted by Crippen LogP contribution is -2.15. The molecule has 0 amide bonds. The molecular weight excluding hydrogens is 291 g/mol. The molecule has 1 N–H and O–H groups in total. The first-order chi connectivity index (χ1) is 9.29. The maximum atomic E-state index is 13.5. The number of nitrogens with one attached hydrogen (secondary N) is 1. The van der Waals surface area contributed by atoms with E-state index in [-0.39, 0.29) is 5.69 Å². The monoisotopic (exact) mass is 301 g/mol. The van der Waals surface area contributed by atoms with Crippen molar-refractivity contribution in [3.05, 3.63) is 59.4 Å². The lowest BCUT2D eigenvalue weighted by atomic mass is 10.2. The van der Waals surface area contributed by atoms with Gasteiger partial charge in [0.15, 0.2) is 0 Å². The summed E-state index contributed by atoms with van der Waals surface area (Å²) in [5, 5.41) is 0. The van der Waals surface area contributed by atoms with Crippen LogP contribution >= 0.6 is 0 Å². The third-order valence-corrected chi connectivity index (χ3v) is 4.00. The Morgan fingerprint density at radius 3 is 2.20 bits per heavy atom. The molecule has 0 unspecified atom stereocenters. The molecule has 2 aromatic carbocycles. The molecule has 2 rings (SSSR count). The molecule has 0 atom stereocenters. The maximum Gasteiger partial charge on any atom is 0.264 e. The van der Waals surface area contributed by atoms with E-state index < -0.39 is 32.4 Å². The van der Waals surface area contributed by atoms with Crippen molar-refractivity contribution in [2.75, 3.05) is 4.72 Å². The molecule has 0 aliphatic rings. The zero-order valence-electron chi connectivity index (χ0n) is 10.3. The number of sulfonamides is 1. The summed E-state index contributed by atoms with van der Waals surface area (Å²) in [6, 6.07) is 5.52. The number of hydrogen-bond acceptors (Lipinski definition) is 2. The van der Waals surface area contributed by atoms with E-state index in [0.29, 0.717) is 11.6 Å². The van der Waals surface area contributed by atoms with Gasteiger partial charge in [0.2, 0.25) is 0 Å². The summed E-state index contributed by atoms with van der Waals surface area (Å²) in [6.07, 6.45) is 0. The maximum absolute atomic E-state index is 13.5. The number of hydrogen-bond donors (Lipinski definition) is 1. The summed E-state index contributed by atoms with van der Waals surface area (Å²) >= 11 is 0. The van der Waals surface area contributed by atoms with Gasteiger partial charge < -0.3 is 0 Å². The van der Waals surface area contributed by atoms with Crippen LogP contribution < -0.4 is 4.72 Å². The minimum absolute atomic E-state index is 0.0926. The molecule has 0 heterocycles. The van der Waals surface area contributed by atoms with Gasteiger partial charge in [-0.25, -0.2) is 21.6 Å². The Morgan fingerprint density at radius 2 is 1.55 bits per heavy atom. The first kappa shape index (κ1) is 14.4. The molecule has 7 heteroatoms. The van der Waals surface area contributed by atoms with E-state index in [1.54, 1.807) is 0 Å². The standard InChI is InChI=1S/C13H10F3NO2S/c1-8-6-9(14)3-5-12(8)17-20(18,19)13-7-10(15)2-4-11(13)16/h2-7,17H,1H3.